The number of hydrogen-bond acceptors (Lipinski definition) is 9. The smallest absolute Gasteiger partial charge is 0.325 e. The Hall–Kier alpha value is -5.13. The van der Waals surface area contributed by atoms with Crippen LogP contribution in [0.4, 0.5) is 11.6 Å². The van der Waals surface area contributed by atoms with E-state index in [4.69, 9.17) is 9.47 Å². The lowest BCUT2D eigenvalue weighted by Gasteiger charge is -2.21. The van der Waals surface area contributed by atoms with Gasteiger partial charge in [-0.1, -0.05) is 0 Å². The topological polar surface area (TPSA) is 157 Å². The Morgan fingerprint density at radius 2 is 1.02 bits per heavy atom. The van der Waals surface area contributed by atoms with Gasteiger partial charge in [-0.3, -0.25) is 24.0 Å². The van der Waals surface area contributed by atoms with E-state index in [0.29, 0.717) is 11.4 Å². The summed E-state index contributed by atoms with van der Waals surface area (Å²) in [6.45, 7) is 9.53. The zero-order chi connectivity index (χ0) is 31.7. The van der Waals surface area contributed by atoms with Crippen molar-refractivity contribution in [2.24, 2.45) is 0 Å². The largest absolute Gasteiger partial charge is 0.465 e. The molecule has 3 rings (SSSR count). The summed E-state index contributed by atoms with van der Waals surface area (Å²) in [6.07, 6.45) is 0. The van der Waals surface area contributed by atoms with Crippen molar-refractivity contribution in [2.45, 2.75) is 41.5 Å². The molecular formula is C31H35N5O7. The van der Waals surface area contributed by atoms with Crippen molar-refractivity contribution < 1.29 is 33.4 Å². The SMILES string of the molecule is CCOC(=O)CN(CC(=O)OCC)C(=O)c1cc(C(=O)Nc2cc(C)cc(C)n2)cc(C(=O)Nc2cc(C)cc(C)n2)c1. The molecule has 2 aromatic heterocycles. The van der Waals surface area contributed by atoms with Gasteiger partial charge >= 0.3 is 11.9 Å². The molecule has 12 nitrogen and oxygen atoms in total. The fourth-order valence-corrected chi connectivity index (χ4v) is 4.31. The standard InChI is InChI=1S/C31H35N5O7/c1-7-42-27(37)16-36(17-28(38)43-8-2)31(41)24-14-22(29(39)34-25-11-18(3)9-20(5)32-25)13-23(15-24)30(40)35-26-12-19(4)10-21(6)33-26/h9-15H,7-8,16-17H2,1-6H3,(H,32,34,39)(H,33,35,40). The Labute approximate surface area is 249 Å². The number of amides is 3. The highest BCUT2D eigenvalue weighted by Crippen LogP contribution is 2.18. The number of aromatic nitrogens is 2. The molecule has 0 atom stereocenters. The molecule has 0 unspecified atom stereocenters. The number of nitrogens with zero attached hydrogens (tertiary/aromatic N) is 3. The van der Waals surface area contributed by atoms with E-state index >= 15 is 0 Å². The van der Waals surface area contributed by atoms with Gasteiger partial charge < -0.3 is 25.0 Å². The van der Waals surface area contributed by atoms with Gasteiger partial charge in [-0.2, -0.15) is 0 Å². The third kappa shape index (κ3) is 9.45. The number of carbonyl (C=O) groups excluding carboxylic acids is 5. The highest BCUT2D eigenvalue weighted by molar-refractivity contribution is 6.11. The number of benzene rings is 1. The van der Waals surface area contributed by atoms with E-state index in [0.717, 1.165) is 16.0 Å². The van der Waals surface area contributed by atoms with Crippen LogP contribution in [0.2, 0.25) is 0 Å². The highest BCUT2D eigenvalue weighted by Gasteiger charge is 2.25. The Morgan fingerprint density at radius 3 is 1.40 bits per heavy atom. The van der Waals surface area contributed by atoms with E-state index in [-0.39, 0.29) is 41.5 Å². The molecule has 0 aliphatic rings. The number of carbonyl (C=O) groups is 5. The van der Waals surface area contributed by atoms with Gasteiger partial charge in [-0.15, -0.1) is 0 Å². The molecule has 0 bridgehead atoms. The fourth-order valence-electron chi connectivity index (χ4n) is 4.31. The van der Waals surface area contributed by atoms with Crippen molar-refractivity contribution in [3.05, 3.63) is 81.7 Å². The Balaban J connectivity index is 2.05. The van der Waals surface area contributed by atoms with E-state index in [1.54, 1.807) is 39.8 Å². The van der Waals surface area contributed by atoms with E-state index in [1.165, 1.54) is 18.2 Å². The fraction of sp³-hybridized carbons (Fsp3) is 0.323. The number of rotatable bonds is 11. The average Bonchev–Trinajstić information content (AvgIpc) is 2.91. The second kappa shape index (κ2) is 14.7. The van der Waals surface area contributed by atoms with Crippen molar-refractivity contribution >= 4 is 41.3 Å². The van der Waals surface area contributed by atoms with Crippen LogP contribution in [0.25, 0.3) is 0 Å². The van der Waals surface area contributed by atoms with Crippen LogP contribution >= 0.6 is 0 Å². The van der Waals surface area contributed by atoms with Gasteiger partial charge in [-0.25, -0.2) is 9.97 Å². The maximum absolute atomic E-state index is 13.7. The number of nitrogens with one attached hydrogen (secondary N) is 2. The van der Waals surface area contributed by atoms with Crippen molar-refractivity contribution in [1.29, 1.82) is 0 Å². The summed E-state index contributed by atoms with van der Waals surface area (Å²) < 4.78 is 9.94. The van der Waals surface area contributed by atoms with Gasteiger partial charge in [0.25, 0.3) is 17.7 Å². The van der Waals surface area contributed by atoms with Crippen LogP contribution in [0, 0.1) is 27.7 Å². The third-order valence-corrected chi connectivity index (χ3v) is 5.92. The number of ether oxygens (including phenoxy) is 2. The zero-order valence-corrected chi connectivity index (χ0v) is 25.1. The van der Waals surface area contributed by atoms with Gasteiger partial charge in [-0.05, 0) is 95.1 Å². The minimum Gasteiger partial charge on any atom is -0.465 e. The predicted molar refractivity (Wildman–Crippen MR) is 159 cm³/mol. The van der Waals surface area contributed by atoms with Crippen LogP contribution in [0.3, 0.4) is 0 Å². The molecule has 1 aromatic carbocycles. The molecule has 0 saturated heterocycles. The molecule has 2 N–H and O–H groups in total. The second-order valence-electron chi connectivity index (χ2n) is 9.82. The summed E-state index contributed by atoms with van der Waals surface area (Å²) >= 11 is 0. The van der Waals surface area contributed by atoms with E-state index in [2.05, 4.69) is 20.6 Å². The third-order valence-electron chi connectivity index (χ3n) is 5.92. The number of anilines is 2. The molecule has 0 spiro atoms. The number of aryl methyl sites for hydroxylation is 4. The Morgan fingerprint density at radius 1 is 0.628 bits per heavy atom. The molecule has 0 saturated carbocycles. The molecule has 2 heterocycles. The number of hydrogen-bond donors (Lipinski definition) is 2. The highest BCUT2D eigenvalue weighted by atomic mass is 16.5. The summed E-state index contributed by atoms with van der Waals surface area (Å²) in [5.41, 5.74) is 2.95. The summed E-state index contributed by atoms with van der Waals surface area (Å²) in [6, 6.07) is 10.9. The Kier molecular flexibility index (Phi) is 11.0. The van der Waals surface area contributed by atoms with Gasteiger partial charge in [0, 0.05) is 28.1 Å². The Bertz CT molecular complexity index is 1410. The van der Waals surface area contributed by atoms with Crippen LogP contribution in [0.1, 0.15) is 67.4 Å². The molecule has 43 heavy (non-hydrogen) atoms. The monoisotopic (exact) mass is 589 g/mol. The first-order valence-electron chi connectivity index (χ1n) is 13.7. The van der Waals surface area contributed by atoms with Crippen molar-refractivity contribution in [3.8, 4) is 0 Å². The quantitative estimate of drug-likeness (QED) is 0.318. The van der Waals surface area contributed by atoms with Crippen molar-refractivity contribution in [3.63, 3.8) is 0 Å². The zero-order valence-electron chi connectivity index (χ0n) is 25.1. The molecular weight excluding hydrogens is 554 g/mol. The molecule has 0 aliphatic carbocycles. The molecule has 0 aliphatic heterocycles. The molecule has 3 amide bonds. The molecule has 0 radical (unpaired) electrons. The van der Waals surface area contributed by atoms with E-state index < -0.39 is 42.7 Å². The van der Waals surface area contributed by atoms with Gasteiger partial charge in [0.1, 0.15) is 24.7 Å². The minimum atomic E-state index is -0.793. The van der Waals surface area contributed by atoms with Crippen LogP contribution < -0.4 is 10.6 Å². The lowest BCUT2D eigenvalue weighted by molar-refractivity contribution is -0.147. The summed E-state index contributed by atoms with van der Waals surface area (Å²) in [7, 11) is 0. The van der Waals surface area contributed by atoms with Crippen LogP contribution in [0.5, 0.6) is 0 Å². The molecule has 226 valence electrons. The first-order valence-corrected chi connectivity index (χ1v) is 13.7. The summed E-state index contributed by atoms with van der Waals surface area (Å²) in [5, 5.41) is 5.39. The molecule has 12 heteroatoms. The predicted octanol–water partition coefficient (Wildman–Crippen LogP) is 3.78. The van der Waals surface area contributed by atoms with Crippen LogP contribution in [0.15, 0.2) is 42.5 Å². The lowest BCUT2D eigenvalue weighted by Crippen LogP contribution is -2.40. The lowest BCUT2D eigenvalue weighted by atomic mass is 10.0. The molecule has 3 aromatic rings. The minimum absolute atomic E-state index is 0.0300. The van der Waals surface area contributed by atoms with Gasteiger partial charge in [0.05, 0.1) is 13.2 Å². The van der Waals surface area contributed by atoms with Crippen molar-refractivity contribution in [1.82, 2.24) is 14.9 Å². The van der Waals surface area contributed by atoms with Crippen LogP contribution in [-0.4, -0.2) is 70.8 Å². The average molecular weight is 590 g/mol. The van der Waals surface area contributed by atoms with Gasteiger partial charge in [0.2, 0.25) is 0 Å². The number of esters is 2. The normalized spacial score (nSPS) is 10.5. The van der Waals surface area contributed by atoms with Crippen LogP contribution in [-0.2, 0) is 19.1 Å². The molecule has 0 fully saturated rings. The second-order valence-corrected chi connectivity index (χ2v) is 9.82. The van der Waals surface area contributed by atoms with E-state index in [1.807, 2.05) is 26.0 Å². The number of pyridine rings is 2. The van der Waals surface area contributed by atoms with Crippen molar-refractivity contribution in [2.75, 3.05) is 36.9 Å². The summed E-state index contributed by atoms with van der Waals surface area (Å²) in [5.74, 6) is -2.96. The maximum atomic E-state index is 13.7. The first kappa shape index (κ1) is 32.4. The maximum Gasteiger partial charge on any atom is 0.325 e. The van der Waals surface area contributed by atoms with E-state index in [9.17, 15) is 24.0 Å². The first-order chi connectivity index (χ1) is 20.4. The van der Waals surface area contributed by atoms with Gasteiger partial charge in [0.15, 0.2) is 0 Å². The summed E-state index contributed by atoms with van der Waals surface area (Å²) in [4.78, 5) is 74.6.